The average molecular weight is 189 g/mol. The van der Waals surface area contributed by atoms with Crippen LogP contribution in [0.5, 0.6) is 0 Å². The van der Waals surface area contributed by atoms with Crippen LogP contribution < -0.4 is 0 Å². The van der Waals surface area contributed by atoms with E-state index in [1.807, 2.05) is 25.5 Å². The minimum atomic E-state index is -0.0964. The molecule has 3 nitrogen and oxygen atoms in total. The van der Waals surface area contributed by atoms with Gasteiger partial charge in [0.15, 0.2) is 5.16 Å². The van der Waals surface area contributed by atoms with Crippen LogP contribution in [0.3, 0.4) is 0 Å². The normalized spacial score (nSPS) is 12.0. The largest absolute Gasteiger partial charge is 0.312 e. The first-order chi connectivity index (χ1) is 4.99. The smallest absolute Gasteiger partial charge is 0.192 e. The van der Waals surface area contributed by atoms with Crippen LogP contribution in [0.15, 0.2) is 11.5 Å². The lowest BCUT2D eigenvalue weighted by molar-refractivity contribution is 0.783. The van der Waals surface area contributed by atoms with E-state index in [-0.39, 0.29) is 4.08 Å². The zero-order valence-electron chi connectivity index (χ0n) is 6.77. The third-order valence-corrected chi connectivity index (χ3v) is 2.34. The predicted molar refractivity (Wildman–Crippen MR) is 49.9 cm³/mol. The minimum absolute atomic E-state index is 0.0964. The lowest BCUT2D eigenvalue weighted by Crippen LogP contribution is -2.05. The molecule has 0 fully saturated rings. The number of nitrogens with zero attached hydrogens (tertiary/aromatic N) is 3. The second-order valence-electron chi connectivity index (χ2n) is 2.77. The van der Waals surface area contributed by atoms with Crippen LogP contribution >= 0.6 is 24.4 Å². The molecule has 0 aliphatic rings. The van der Waals surface area contributed by atoms with E-state index in [1.165, 1.54) is 0 Å². The first-order valence-electron chi connectivity index (χ1n) is 3.24. The molecule has 0 spiro atoms. The van der Waals surface area contributed by atoms with Crippen molar-refractivity contribution in [3.8, 4) is 0 Å². The highest BCUT2D eigenvalue weighted by Crippen LogP contribution is 2.33. The maximum Gasteiger partial charge on any atom is 0.192 e. The third kappa shape index (κ3) is 2.75. The molecule has 0 aliphatic carbocycles. The Morgan fingerprint density at radius 1 is 1.64 bits per heavy atom. The average Bonchev–Trinajstić information content (AvgIpc) is 2.12. The highest BCUT2D eigenvalue weighted by atomic mass is 32.2. The zero-order valence-corrected chi connectivity index (χ0v) is 8.49. The number of hydrogen-bond donors (Lipinski definition) is 1. The lowest BCUT2D eigenvalue weighted by Gasteiger charge is -2.14. The monoisotopic (exact) mass is 189 g/mol. The van der Waals surface area contributed by atoms with Gasteiger partial charge in [-0.25, -0.2) is 0 Å². The van der Waals surface area contributed by atoms with Crippen molar-refractivity contribution in [3.05, 3.63) is 6.33 Å². The number of rotatable bonds is 2. The standard InChI is InChI=1S/C6H11N3S2/c1-6(2,10)11-5-8-7-4-9(5)3/h4,10H,1-3H3. The Hall–Kier alpha value is -0.160. The molecule has 0 amide bonds. The maximum atomic E-state index is 4.37. The lowest BCUT2D eigenvalue weighted by atomic mass is 10.5. The molecule has 0 aromatic carbocycles. The van der Waals surface area contributed by atoms with Crippen molar-refractivity contribution in [2.24, 2.45) is 7.05 Å². The summed E-state index contributed by atoms with van der Waals surface area (Å²) in [7, 11) is 1.92. The van der Waals surface area contributed by atoms with Crippen LogP contribution in [0.4, 0.5) is 0 Å². The van der Waals surface area contributed by atoms with Crippen molar-refractivity contribution in [2.45, 2.75) is 23.1 Å². The Labute approximate surface area is 76.0 Å². The highest BCUT2D eigenvalue weighted by molar-refractivity contribution is 8.11. The molecule has 1 heterocycles. The molecule has 5 heteroatoms. The van der Waals surface area contributed by atoms with E-state index < -0.39 is 0 Å². The number of thiol groups is 1. The van der Waals surface area contributed by atoms with E-state index >= 15 is 0 Å². The van der Waals surface area contributed by atoms with E-state index in [0.29, 0.717) is 0 Å². The summed E-state index contributed by atoms with van der Waals surface area (Å²) in [5.74, 6) is 0. The van der Waals surface area contributed by atoms with E-state index in [1.54, 1.807) is 18.1 Å². The van der Waals surface area contributed by atoms with Gasteiger partial charge in [0, 0.05) is 7.05 Å². The van der Waals surface area contributed by atoms with Gasteiger partial charge in [-0.1, -0.05) is 11.8 Å². The van der Waals surface area contributed by atoms with Gasteiger partial charge in [0.25, 0.3) is 0 Å². The first kappa shape index (κ1) is 8.93. The summed E-state index contributed by atoms with van der Waals surface area (Å²) in [6.45, 7) is 4.05. The Morgan fingerprint density at radius 2 is 2.27 bits per heavy atom. The summed E-state index contributed by atoms with van der Waals surface area (Å²) in [4.78, 5) is 0. The second kappa shape index (κ2) is 3.06. The predicted octanol–water partition coefficient (Wildman–Crippen LogP) is 1.57. The van der Waals surface area contributed by atoms with Gasteiger partial charge in [-0.15, -0.1) is 10.2 Å². The zero-order chi connectivity index (χ0) is 8.48. The number of aryl methyl sites for hydroxylation is 1. The number of hydrogen-bond acceptors (Lipinski definition) is 4. The molecular formula is C6H11N3S2. The van der Waals surface area contributed by atoms with Crippen LogP contribution in [0.2, 0.25) is 0 Å². The molecule has 0 saturated heterocycles. The van der Waals surface area contributed by atoms with Gasteiger partial charge in [0.1, 0.15) is 6.33 Å². The van der Waals surface area contributed by atoms with E-state index in [2.05, 4.69) is 22.8 Å². The van der Waals surface area contributed by atoms with Gasteiger partial charge in [-0.3, -0.25) is 0 Å². The van der Waals surface area contributed by atoms with Gasteiger partial charge in [0.05, 0.1) is 4.08 Å². The Kier molecular flexibility index (Phi) is 2.49. The SMILES string of the molecule is Cn1cnnc1SC(C)(C)S. The molecule has 1 aromatic heterocycles. The van der Waals surface area contributed by atoms with Crippen molar-refractivity contribution < 1.29 is 0 Å². The van der Waals surface area contributed by atoms with Gasteiger partial charge >= 0.3 is 0 Å². The molecule has 0 bridgehead atoms. The van der Waals surface area contributed by atoms with Crippen molar-refractivity contribution in [1.29, 1.82) is 0 Å². The van der Waals surface area contributed by atoms with Gasteiger partial charge < -0.3 is 4.57 Å². The van der Waals surface area contributed by atoms with Crippen molar-refractivity contribution in [1.82, 2.24) is 14.8 Å². The highest BCUT2D eigenvalue weighted by Gasteiger charge is 2.16. The topological polar surface area (TPSA) is 30.7 Å². The molecule has 1 rings (SSSR count). The van der Waals surface area contributed by atoms with Gasteiger partial charge in [-0.05, 0) is 13.8 Å². The van der Waals surface area contributed by atoms with Gasteiger partial charge in [0.2, 0.25) is 0 Å². The van der Waals surface area contributed by atoms with Crippen molar-refractivity contribution in [2.75, 3.05) is 0 Å². The molecule has 1 aromatic rings. The third-order valence-electron chi connectivity index (χ3n) is 1.01. The molecular weight excluding hydrogens is 178 g/mol. The Morgan fingerprint density at radius 3 is 2.64 bits per heavy atom. The Bertz CT molecular complexity index is 238. The molecule has 0 atom stereocenters. The molecule has 0 aliphatic heterocycles. The van der Waals surface area contributed by atoms with Crippen LogP contribution in [0.25, 0.3) is 0 Å². The summed E-state index contributed by atoms with van der Waals surface area (Å²) in [6, 6.07) is 0. The fourth-order valence-corrected chi connectivity index (χ4v) is 1.56. The van der Waals surface area contributed by atoms with Crippen LogP contribution in [0, 0.1) is 0 Å². The van der Waals surface area contributed by atoms with Gasteiger partial charge in [-0.2, -0.15) is 12.6 Å². The van der Waals surface area contributed by atoms with Crippen molar-refractivity contribution >= 4 is 24.4 Å². The maximum absolute atomic E-state index is 4.37. The molecule has 0 radical (unpaired) electrons. The quantitative estimate of drug-likeness (QED) is 0.435. The molecule has 11 heavy (non-hydrogen) atoms. The Balaban J connectivity index is 2.72. The van der Waals surface area contributed by atoms with Crippen LogP contribution in [0.1, 0.15) is 13.8 Å². The first-order valence-corrected chi connectivity index (χ1v) is 4.51. The summed E-state index contributed by atoms with van der Waals surface area (Å²) in [5, 5.41) is 8.59. The van der Waals surface area contributed by atoms with E-state index in [0.717, 1.165) is 5.16 Å². The summed E-state index contributed by atoms with van der Waals surface area (Å²) >= 11 is 5.96. The molecule has 62 valence electrons. The molecule has 0 saturated carbocycles. The molecule has 0 N–H and O–H groups in total. The summed E-state index contributed by atoms with van der Waals surface area (Å²) in [5.41, 5.74) is 0. The second-order valence-corrected chi connectivity index (χ2v) is 5.78. The molecule has 0 unspecified atom stereocenters. The van der Waals surface area contributed by atoms with Crippen LogP contribution in [-0.2, 0) is 7.05 Å². The van der Waals surface area contributed by atoms with Crippen LogP contribution in [-0.4, -0.2) is 18.8 Å². The minimum Gasteiger partial charge on any atom is -0.312 e. The summed E-state index contributed by atoms with van der Waals surface area (Å²) < 4.78 is 1.78. The van der Waals surface area contributed by atoms with Crippen molar-refractivity contribution in [3.63, 3.8) is 0 Å². The fourth-order valence-electron chi connectivity index (χ4n) is 0.588. The number of thioether (sulfide) groups is 1. The van der Waals surface area contributed by atoms with E-state index in [4.69, 9.17) is 0 Å². The van der Waals surface area contributed by atoms with E-state index in [9.17, 15) is 0 Å². The summed E-state index contributed by atoms with van der Waals surface area (Å²) in [6.07, 6.45) is 1.68. The number of aromatic nitrogens is 3. The fraction of sp³-hybridized carbons (Fsp3) is 0.667.